The van der Waals surface area contributed by atoms with Crippen LogP contribution in [0.5, 0.6) is 0 Å². The molecule has 0 unspecified atom stereocenters. The van der Waals surface area contributed by atoms with Gasteiger partial charge in [0.25, 0.3) is 0 Å². The molecule has 0 saturated carbocycles. The Morgan fingerprint density at radius 2 is 2.33 bits per heavy atom. The van der Waals surface area contributed by atoms with Gasteiger partial charge in [-0.1, -0.05) is 0 Å². The van der Waals surface area contributed by atoms with Gasteiger partial charge in [0.05, 0.1) is 24.7 Å². The number of amides is 1. The Kier molecular flexibility index (Phi) is 4.62. The van der Waals surface area contributed by atoms with Gasteiger partial charge < -0.3 is 14.4 Å². The summed E-state index contributed by atoms with van der Waals surface area (Å²) in [7, 11) is 0. The third-order valence-electron chi connectivity index (χ3n) is 4.54. The van der Waals surface area contributed by atoms with Gasteiger partial charge in [0.1, 0.15) is 0 Å². The molecular weight excluding hydrogens is 286 g/mol. The summed E-state index contributed by atoms with van der Waals surface area (Å²) in [5.41, 5.74) is 1.08. The van der Waals surface area contributed by atoms with Gasteiger partial charge in [-0.3, -0.25) is 4.79 Å². The van der Waals surface area contributed by atoms with Crippen molar-refractivity contribution < 1.29 is 14.3 Å². The van der Waals surface area contributed by atoms with Gasteiger partial charge in [-0.25, -0.2) is 0 Å². The summed E-state index contributed by atoms with van der Waals surface area (Å²) >= 11 is 1.64. The lowest BCUT2D eigenvalue weighted by atomic mass is 9.88. The lowest BCUT2D eigenvalue weighted by Gasteiger charge is -2.38. The zero-order valence-electron chi connectivity index (χ0n) is 12.5. The van der Waals surface area contributed by atoms with E-state index in [1.807, 2.05) is 23.3 Å². The monoisotopic (exact) mass is 309 g/mol. The maximum Gasteiger partial charge on any atom is 0.227 e. The van der Waals surface area contributed by atoms with E-state index >= 15 is 0 Å². The van der Waals surface area contributed by atoms with Crippen molar-refractivity contribution >= 4 is 17.2 Å². The predicted molar refractivity (Wildman–Crippen MR) is 82.6 cm³/mol. The Balaban J connectivity index is 1.50. The summed E-state index contributed by atoms with van der Waals surface area (Å²) in [4.78, 5) is 14.3. The summed E-state index contributed by atoms with van der Waals surface area (Å²) in [5.74, 6) is 0.239. The van der Waals surface area contributed by atoms with Crippen molar-refractivity contribution in [1.29, 1.82) is 0 Å². The van der Waals surface area contributed by atoms with E-state index in [9.17, 15) is 4.79 Å². The minimum atomic E-state index is -0.0427. The Morgan fingerprint density at radius 3 is 3.00 bits per heavy atom. The largest absolute Gasteiger partial charge is 0.376 e. The summed E-state index contributed by atoms with van der Waals surface area (Å²) < 4.78 is 11.7. The number of hydrogen-bond acceptors (Lipinski definition) is 4. The second-order valence-corrected chi connectivity index (χ2v) is 6.74. The van der Waals surface area contributed by atoms with Crippen LogP contribution in [0.25, 0.3) is 0 Å². The molecule has 116 valence electrons. The second kappa shape index (κ2) is 6.46. The van der Waals surface area contributed by atoms with Crippen LogP contribution in [-0.4, -0.2) is 48.8 Å². The van der Waals surface area contributed by atoms with Crippen LogP contribution >= 0.6 is 11.3 Å². The highest BCUT2D eigenvalue weighted by Crippen LogP contribution is 2.37. The number of nitrogens with zero attached hydrogens (tertiary/aromatic N) is 1. The Hall–Kier alpha value is -0.910. The smallest absolute Gasteiger partial charge is 0.227 e. The van der Waals surface area contributed by atoms with Gasteiger partial charge in [0.2, 0.25) is 5.91 Å². The molecule has 4 nitrogen and oxygen atoms in total. The summed E-state index contributed by atoms with van der Waals surface area (Å²) in [5, 5.41) is 4.07. The van der Waals surface area contributed by atoms with Gasteiger partial charge >= 0.3 is 0 Å². The maximum absolute atomic E-state index is 12.3. The number of ether oxygens (including phenoxy) is 2. The molecule has 0 radical (unpaired) electrons. The predicted octanol–water partition coefficient (Wildman–Crippen LogP) is 2.48. The van der Waals surface area contributed by atoms with Gasteiger partial charge in [-0.15, -0.1) is 0 Å². The lowest BCUT2D eigenvalue weighted by molar-refractivity contribution is -0.135. The first kappa shape index (κ1) is 15.0. The molecule has 1 atom stereocenters. The summed E-state index contributed by atoms with van der Waals surface area (Å²) in [6, 6.07) is 2.03. The molecule has 2 fully saturated rings. The molecule has 0 bridgehead atoms. The van der Waals surface area contributed by atoms with E-state index in [1.165, 1.54) is 0 Å². The lowest BCUT2D eigenvalue weighted by Crippen LogP contribution is -2.47. The number of carbonyl (C=O) groups excluding carboxylic acids is 1. The minimum Gasteiger partial charge on any atom is -0.376 e. The maximum atomic E-state index is 12.3. The molecule has 2 aliphatic rings. The SMILES string of the molecule is CCO[C@H]1COC2(CCN(C(=O)Cc3ccsc3)CC2)C1. The van der Waals surface area contributed by atoms with Gasteiger partial charge in [0, 0.05) is 26.1 Å². The van der Waals surface area contributed by atoms with Crippen LogP contribution in [0.1, 0.15) is 31.7 Å². The van der Waals surface area contributed by atoms with Crippen molar-refractivity contribution in [3.8, 4) is 0 Å². The number of thiophene rings is 1. The average molecular weight is 309 g/mol. The molecule has 2 aliphatic heterocycles. The summed E-state index contributed by atoms with van der Waals surface area (Å²) in [6.07, 6.45) is 3.62. The quantitative estimate of drug-likeness (QED) is 0.858. The molecule has 0 aliphatic carbocycles. The number of rotatable bonds is 4. The third-order valence-corrected chi connectivity index (χ3v) is 5.27. The summed E-state index contributed by atoms with van der Waals surface area (Å²) in [6.45, 7) is 5.09. The van der Waals surface area contributed by atoms with E-state index in [1.54, 1.807) is 11.3 Å². The normalized spacial score (nSPS) is 24.6. The first-order valence-corrected chi connectivity index (χ1v) is 8.69. The molecule has 3 heterocycles. The molecule has 21 heavy (non-hydrogen) atoms. The Labute approximate surface area is 130 Å². The van der Waals surface area contributed by atoms with Crippen LogP contribution in [0.2, 0.25) is 0 Å². The fraction of sp³-hybridized carbons (Fsp3) is 0.688. The molecule has 5 heteroatoms. The van der Waals surface area contributed by atoms with E-state index in [2.05, 4.69) is 5.38 Å². The fourth-order valence-electron chi connectivity index (χ4n) is 3.34. The van der Waals surface area contributed by atoms with Crippen LogP contribution in [0.3, 0.4) is 0 Å². The molecule has 0 N–H and O–H groups in total. The number of piperidine rings is 1. The zero-order valence-corrected chi connectivity index (χ0v) is 13.4. The van der Waals surface area contributed by atoms with Crippen LogP contribution in [0.15, 0.2) is 16.8 Å². The van der Waals surface area contributed by atoms with E-state index in [-0.39, 0.29) is 17.6 Å². The molecule has 1 amide bonds. The van der Waals surface area contributed by atoms with Gasteiger partial charge in [-0.05, 0) is 42.2 Å². The number of likely N-dealkylation sites (tertiary alicyclic amines) is 1. The van der Waals surface area contributed by atoms with E-state index in [0.29, 0.717) is 13.0 Å². The molecule has 1 aromatic heterocycles. The van der Waals surface area contributed by atoms with Gasteiger partial charge in [-0.2, -0.15) is 11.3 Å². The van der Waals surface area contributed by atoms with Gasteiger partial charge in [0.15, 0.2) is 0 Å². The van der Waals surface area contributed by atoms with Crippen LogP contribution in [0.4, 0.5) is 0 Å². The molecule has 1 aromatic rings. The average Bonchev–Trinajstić information content (AvgIpc) is 3.11. The van der Waals surface area contributed by atoms with Crippen molar-refractivity contribution in [1.82, 2.24) is 4.90 Å². The van der Waals surface area contributed by atoms with Crippen molar-refractivity contribution in [2.24, 2.45) is 0 Å². The molecular formula is C16H23NO3S. The van der Waals surface area contributed by atoms with Crippen molar-refractivity contribution in [2.75, 3.05) is 26.3 Å². The number of hydrogen-bond donors (Lipinski definition) is 0. The fourth-order valence-corrected chi connectivity index (χ4v) is 4.01. The van der Waals surface area contributed by atoms with Crippen molar-refractivity contribution in [2.45, 2.75) is 44.3 Å². The Morgan fingerprint density at radius 1 is 1.52 bits per heavy atom. The van der Waals surface area contributed by atoms with Crippen LogP contribution in [-0.2, 0) is 20.7 Å². The first-order chi connectivity index (χ1) is 10.2. The first-order valence-electron chi connectivity index (χ1n) is 7.75. The molecule has 3 rings (SSSR count). The van der Waals surface area contributed by atoms with Crippen molar-refractivity contribution in [3.05, 3.63) is 22.4 Å². The highest BCUT2D eigenvalue weighted by Gasteiger charge is 2.43. The standard InChI is InChI=1S/C16H23NO3S/c1-2-19-14-10-16(20-11-14)4-6-17(7-5-16)15(18)9-13-3-8-21-12-13/h3,8,12,14H,2,4-7,9-11H2,1H3/t14-/m1/s1. The second-order valence-electron chi connectivity index (χ2n) is 5.96. The molecule has 0 aromatic carbocycles. The third kappa shape index (κ3) is 3.47. The highest BCUT2D eigenvalue weighted by atomic mass is 32.1. The van der Waals surface area contributed by atoms with E-state index < -0.39 is 0 Å². The molecule has 1 spiro atoms. The van der Waals surface area contributed by atoms with Crippen molar-refractivity contribution in [3.63, 3.8) is 0 Å². The van der Waals surface area contributed by atoms with E-state index in [0.717, 1.165) is 44.5 Å². The number of carbonyl (C=O) groups is 1. The molecule has 2 saturated heterocycles. The minimum absolute atomic E-state index is 0.0427. The topological polar surface area (TPSA) is 38.8 Å². The Bertz CT molecular complexity index is 466. The van der Waals surface area contributed by atoms with E-state index in [4.69, 9.17) is 9.47 Å². The highest BCUT2D eigenvalue weighted by molar-refractivity contribution is 7.07. The van der Waals surface area contributed by atoms with Crippen LogP contribution < -0.4 is 0 Å². The zero-order chi connectivity index (χ0) is 14.7. The van der Waals surface area contributed by atoms with Crippen LogP contribution in [0, 0.1) is 0 Å².